The van der Waals surface area contributed by atoms with Crippen LogP contribution in [-0.2, 0) is 19.1 Å². The van der Waals surface area contributed by atoms with E-state index in [0.717, 1.165) is 10.8 Å². The molecule has 0 aromatic heterocycles. The number of nitrogens with one attached hydrogen (secondary N) is 2. The average molecular weight is 469 g/mol. The summed E-state index contributed by atoms with van der Waals surface area (Å²) in [6, 6.07) is 29.5. The number of amides is 2. The second kappa shape index (κ2) is 11.5. The van der Waals surface area contributed by atoms with Crippen LogP contribution in [0, 0.1) is 0 Å². The number of para-hydroxylation sites is 1. The average Bonchev–Trinajstić information content (AvgIpc) is 2.88. The molecule has 2 amide bonds. The van der Waals surface area contributed by atoms with Crippen molar-refractivity contribution >= 4 is 39.9 Å². The molecule has 0 radical (unpaired) electrons. The minimum atomic E-state index is -0.625. The first kappa shape index (κ1) is 23.5. The van der Waals surface area contributed by atoms with Crippen LogP contribution in [0.5, 0.6) is 11.5 Å². The second-order valence-corrected chi connectivity index (χ2v) is 7.72. The number of benzene rings is 4. The fraction of sp³-hybridized carbons (Fsp3) is 0.107. The first-order chi connectivity index (χ1) is 17.1. The van der Waals surface area contributed by atoms with Gasteiger partial charge in [-0.1, -0.05) is 54.6 Å². The van der Waals surface area contributed by atoms with Crippen LogP contribution in [0.1, 0.15) is 12.8 Å². The summed E-state index contributed by atoms with van der Waals surface area (Å²) in [7, 11) is 0. The summed E-state index contributed by atoms with van der Waals surface area (Å²) in [6.07, 6.45) is -0.200. The number of fused-ring (bicyclic) bond motifs is 1. The molecule has 0 aliphatic rings. The van der Waals surface area contributed by atoms with Gasteiger partial charge in [-0.05, 0) is 47.9 Å². The van der Waals surface area contributed by atoms with Gasteiger partial charge >= 0.3 is 5.97 Å². The van der Waals surface area contributed by atoms with Crippen LogP contribution in [-0.4, -0.2) is 24.4 Å². The molecule has 0 bridgehead atoms. The SMILES string of the molecule is O=C(CCC(=O)OCC(=O)Nc1cccc2ccccc12)Nc1ccc(Oc2ccccc2)cc1. The van der Waals surface area contributed by atoms with Gasteiger partial charge in [0.25, 0.3) is 5.91 Å². The summed E-state index contributed by atoms with van der Waals surface area (Å²) < 4.78 is 10.7. The van der Waals surface area contributed by atoms with Crippen molar-refractivity contribution in [2.75, 3.05) is 17.2 Å². The summed E-state index contributed by atoms with van der Waals surface area (Å²) in [5.41, 5.74) is 1.22. The van der Waals surface area contributed by atoms with E-state index in [0.29, 0.717) is 22.9 Å². The molecular weight excluding hydrogens is 444 g/mol. The van der Waals surface area contributed by atoms with Crippen molar-refractivity contribution in [1.29, 1.82) is 0 Å². The fourth-order valence-corrected chi connectivity index (χ4v) is 3.41. The van der Waals surface area contributed by atoms with Gasteiger partial charge in [-0.15, -0.1) is 0 Å². The lowest BCUT2D eigenvalue weighted by Crippen LogP contribution is -2.22. The number of rotatable bonds is 9. The molecule has 4 aromatic carbocycles. The van der Waals surface area contributed by atoms with E-state index in [2.05, 4.69) is 10.6 Å². The van der Waals surface area contributed by atoms with Gasteiger partial charge in [0.2, 0.25) is 5.91 Å². The maximum atomic E-state index is 12.2. The molecule has 0 fully saturated rings. The van der Waals surface area contributed by atoms with E-state index in [1.165, 1.54) is 0 Å². The van der Waals surface area contributed by atoms with Crippen LogP contribution in [0.4, 0.5) is 11.4 Å². The second-order valence-electron chi connectivity index (χ2n) is 7.72. The molecule has 0 atom stereocenters. The molecule has 35 heavy (non-hydrogen) atoms. The van der Waals surface area contributed by atoms with Crippen LogP contribution < -0.4 is 15.4 Å². The molecule has 0 spiro atoms. The number of hydrogen-bond donors (Lipinski definition) is 2. The maximum absolute atomic E-state index is 12.2. The minimum Gasteiger partial charge on any atom is -0.457 e. The molecule has 4 rings (SSSR count). The number of anilines is 2. The van der Waals surface area contributed by atoms with Crippen LogP contribution in [0.3, 0.4) is 0 Å². The van der Waals surface area contributed by atoms with Crippen LogP contribution in [0.15, 0.2) is 97.1 Å². The van der Waals surface area contributed by atoms with E-state index in [1.807, 2.05) is 66.7 Å². The van der Waals surface area contributed by atoms with E-state index in [4.69, 9.17) is 9.47 Å². The molecule has 4 aromatic rings. The summed E-state index contributed by atoms with van der Waals surface area (Å²) in [5, 5.41) is 7.36. The third-order valence-corrected chi connectivity index (χ3v) is 5.10. The summed E-state index contributed by atoms with van der Waals surface area (Å²) in [5.74, 6) is -0.0520. The number of carbonyl (C=O) groups is 3. The lowest BCUT2D eigenvalue weighted by atomic mass is 10.1. The fourth-order valence-electron chi connectivity index (χ4n) is 3.41. The third kappa shape index (κ3) is 6.91. The predicted octanol–water partition coefficient (Wildman–Crippen LogP) is 5.53. The van der Waals surface area contributed by atoms with Gasteiger partial charge in [0.1, 0.15) is 11.5 Å². The van der Waals surface area contributed by atoms with Gasteiger partial charge in [0.05, 0.1) is 6.42 Å². The topological polar surface area (TPSA) is 93.7 Å². The van der Waals surface area contributed by atoms with Crippen LogP contribution >= 0.6 is 0 Å². The first-order valence-electron chi connectivity index (χ1n) is 11.1. The molecular formula is C28H24N2O5. The normalized spacial score (nSPS) is 10.4. The van der Waals surface area contributed by atoms with Crippen molar-refractivity contribution in [3.63, 3.8) is 0 Å². The first-order valence-corrected chi connectivity index (χ1v) is 11.1. The molecule has 0 saturated heterocycles. The molecule has 0 aliphatic heterocycles. The highest BCUT2D eigenvalue weighted by Crippen LogP contribution is 2.24. The highest BCUT2D eigenvalue weighted by atomic mass is 16.5. The molecule has 7 nitrogen and oxygen atoms in total. The maximum Gasteiger partial charge on any atom is 0.306 e. The zero-order valence-electron chi connectivity index (χ0n) is 18.9. The van der Waals surface area contributed by atoms with E-state index < -0.39 is 18.5 Å². The van der Waals surface area contributed by atoms with E-state index in [-0.39, 0.29) is 18.7 Å². The zero-order valence-corrected chi connectivity index (χ0v) is 18.9. The predicted molar refractivity (Wildman–Crippen MR) is 134 cm³/mol. The molecule has 0 unspecified atom stereocenters. The molecule has 0 heterocycles. The molecule has 0 saturated carbocycles. The highest BCUT2D eigenvalue weighted by Gasteiger charge is 2.12. The Kier molecular flexibility index (Phi) is 7.70. The highest BCUT2D eigenvalue weighted by molar-refractivity contribution is 6.02. The van der Waals surface area contributed by atoms with Crippen molar-refractivity contribution in [3.05, 3.63) is 97.1 Å². The van der Waals surface area contributed by atoms with E-state index >= 15 is 0 Å². The Bertz CT molecular complexity index is 1320. The molecule has 7 heteroatoms. The Hall–Kier alpha value is -4.65. The van der Waals surface area contributed by atoms with Gasteiger partial charge in [-0.3, -0.25) is 14.4 Å². The summed E-state index contributed by atoms with van der Waals surface area (Å²) in [4.78, 5) is 36.4. The van der Waals surface area contributed by atoms with Crippen molar-refractivity contribution in [1.82, 2.24) is 0 Å². The zero-order chi connectivity index (χ0) is 24.5. The number of hydrogen-bond acceptors (Lipinski definition) is 5. The molecule has 0 aliphatic carbocycles. The van der Waals surface area contributed by atoms with Gasteiger partial charge in [-0.25, -0.2) is 0 Å². The van der Waals surface area contributed by atoms with Crippen molar-refractivity contribution in [3.8, 4) is 11.5 Å². The quantitative estimate of drug-likeness (QED) is 0.315. The Morgan fingerprint density at radius 1 is 0.629 bits per heavy atom. The largest absolute Gasteiger partial charge is 0.457 e. The molecule has 176 valence electrons. The standard InChI is InChI=1S/C28H24N2O5/c31-26(29-21-13-15-23(16-14-21)35-22-9-2-1-3-10-22)17-18-28(33)34-19-27(32)30-25-12-6-8-20-7-4-5-11-24(20)25/h1-16H,17-19H2,(H,29,31)(H,30,32). The minimum absolute atomic E-state index is 0.0635. The smallest absolute Gasteiger partial charge is 0.306 e. The van der Waals surface area contributed by atoms with E-state index in [9.17, 15) is 14.4 Å². The number of carbonyl (C=O) groups excluding carboxylic acids is 3. The van der Waals surface area contributed by atoms with E-state index in [1.54, 1.807) is 30.3 Å². The third-order valence-electron chi connectivity index (χ3n) is 5.10. The Balaban J connectivity index is 1.18. The van der Waals surface area contributed by atoms with Crippen molar-refractivity contribution in [2.45, 2.75) is 12.8 Å². The van der Waals surface area contributed by atoms with Crippen molar-refractivity contribution < 1.29 is 23.9 Å². The lowest BCUT2D eigenvalue weighted by Gasteiger charge is -2.10. The Morgan fingerprint density at radius 3 is 2.11 bits per heavy atom. The van der Waals surface area contributed by atoms with Crippen molar-refractivity contribution in [2.24, 2.45) is 0 Å². The molecule has 2 N–H and O–H groups in total. The summed E-state index contributed by atoms with van der Waals surface area (Å²) in [6.45, 7) is -0.424. The Labute approximate surface area is 202 Å². The lowest BCUT2D eigenvalue weighted by molar-refractivity contribution is -0.147. The van der Waals surface area contributed by atoms with Gasteiger partial charge in [-0.2, -0.15) is 0 Å². The van der Waals surface area contributed by atoms with Gasteiger partial charge < -0.3 is 20.1 Å². The summed E-state index contributed by atoms with van der Waals surface area (Å²) >= 11 is 0. The van der Waals surface area contributed by atoms with Gasteiger partial charge in [0.15, 0.2) is 6.61 Å². The number of esters is 1. The monoisotopic (exact) mass is 468 g/mol. The Morgan fingerprint density at radius 2 is 1.31 bits per heavy atom. The van der Waals surface area contributed by atoms with Crippen LogP contribution in [0.25, 0.3) is 10.8 Å². The van der Waals surface area contributed by atoms with Gasteiger partial charge in [0, 0.05) is 23.2 Å². The van der Waals surface area contributed by atoms with Crippen LogP contribution in [0.2, 0.25) is 0 Å². The number of ether oxygens (including phenoxy) is 2.